The summed E-state index contributed by atoms with van der Waals surface area (Å²) in [6, 6.07) is 0. The lowest BCUT2D eigenvalue weighted by Crippen LogP contribution is -2.55. The summed E-state index contributed by atoms with van der Waals surface area (Å²) in [4.78, 5) is 22.0. The van der Waals surface area contributed by atoms with Crippen LogP contribution in [0, 0.1) is 5.41 Å². The summed E-state index contributed by atoms with van der Waals surface area (Å²) >= 11 is 0. The summed E-state index contributed by atoms with van der Waals surface area (Å²) < 4.78 is 0. The van der Waals surface area contributed by atoms with Gasteiger partial charge in [0.2, 0.25) is 0 Å². The Morgan fingerprint density at radius 3 is 2.00 bits per heavy atom. The first-order valence-electron chi connectivity index (χ1n) is 4.50. The lowest BCUT2D eigenvalue weighted by atomic mass is 9.70. The van der Waals surface area contributed by atoms with E-state index < -0.39 is 29.1 Å². The van der Waals surface area contributed by atoms with E-state index in [0.29, 0.717) is 0 Å². The fourth-order valence-corrected chi connectivity index (χ4v) is 1.47. The number of carbonyl (C=O) groups is 2. The van der Waals surface area contributed by atoms with Crippen LogP contribution >= 0.6 is 0 Å². The van der Waals surface area contributed by atoms with Crippen molar-refractivity contribution in [3.8, 4) is 0 Å². The van der Waals surface area contributed by atoms with Crippen molar-refractivity contribution < 1.29 is 30.0 Å². The summed E-state index contributed by atoms with van der Waals surface area (Å²) in [7, 11) is 0. The average molecular weight is 228 g/mol. The maximum absolute atomic E-state index is 11.1. The van der Waals surface area contributed by atoms with Gasteiger partial charge in [0, 0.05) is 0 Å². The topological polar surface area (TPSA) is 115 Å². The van der Waals surface area contributed by atoms with Crippen molar-refractivity contribution in [2.45, 2.75) is 18.6 Å². The molecule has 1 aliphatic carbocycles. The van der Waals surface area contributed by atoms with Crippen LogP contribution in [0.5, 0.6) is 0 Å². The number of aliphatic hydroxyl groups excluding tert-OH is 1. The maximum Gasteiger partial charge on any atom is 0.337 e. The summed E-state index contributed by atoms with van der Waals surface area (Å²) in [5.74, 6) is -3.15. The van der Waals surface area contributed by atoms with E-state index in [1.54, 1.807) is 0 Å². The van der Waals surface area contributed by atoms with Crippen molar-refractivity contribution in [2.75, 3.05) is 0 Å². The number of carboxylic acid groups (broad SMARTS) is 2. The lowest BCUT2D eigenvalue weighted by molar-refractivity contribution is -0.175. The van der Waals surface area contributed by atoms with Crippen molar-refractivity contribution >= 4 is 11.9 Å². The van der Waals surface area contributed by atoms with Crippen molar-refractivity contribution in [1.82, 2.24) is 0 Å². The van der Waals surface area contributed by atoms with Crippen LogP contribution in [0.2, 0.25) is 0 Å². The molecule has 1 rings (SSSR count). The highest BCUT2D eigenvalue weighted by Gasteiger charge is 2.55. The first-order valence-corrected chi connectivity index (χ1v) is 4.50. The molecule has 0 aromatic carbocycles. The van der Waals surface area contributed by atoms with Gasteiger partial charge in [0.25, 0.3) is 0 Å². The Bertz CT molecular complexity index is 365. The van der Waals surface area contributed by atoms with Crippen LogP contribution in [0.1, 0.15) is 6.92 Å². The Morgan fingerprint density at radius 2 is 1.69 bits per heavy atom. The largest absolute Gasteiger partial charge is 0.480 e. The fourth-order valence-electron chi connectivity index (χ4n) is 1.47. The van der Waals surface area contributed by atoms with Crippen LogP contribution in [-0.4, -0.2) is 44.1 Å². The molecule has 0 aromatic heterocycles. The fraction of sp³-hybridized carbons (Fsp3) is 0.400. The van der Waals surface area contributed by atoms with E-state index in [4.69, 9.17) is 15.3 Å². The van der Waals surface area contributed by atoms with Crippen LogP contribution in [-0.2, 0) is 9.59 Å². The van der Waals surface area contributed by atoms with Crippen molar-refractivity contribution in [1.29, 1.82) is 0 Å². The van der Waals surface area contributed by atoms with Gasteiger partial charge in [-0.3, -0.25) is 4.79 Å². The second kappa shape index (κ2) is 3.73. The molecule has 0 spiro atoms. The second-order valence-electron chi connectivity index (χ2n) is 3.76. The van der Waals surface area contributed by atoms with E-state index in [2.05, 4.69) is 0 Å². The first kappa shape index (κ1) is 12.4. The summed E-state index contributed by atoms with van der Waals surface area (Å²) in [6.07, 6.45) is 3.22. The Hall–Kier alpha value is -1.66. The van der Waals surface area contributed by atoms with Gasteiger partial charge in [-0.05, 0) is 6.92 Å². The standard InChI is InChI=1S/C10H12O6/c1-9(16,7(12)13)10(8(14)15)4-2-6(11)3-5-10/h2-6,11,16H,1H3,(H,12,13)(H,14,15). The molecule has 0 heterocycles. The maximum atomic E-state index is 11.1. The Kier molecular flexibility index (Phi) is 2.89. The van der Waals surface area contributed by atoms with E-state index >= 15 is 0 Å². The van der Waals surface area contributed by atoms with Gasteiger partial charge >= 0.3 is 11.9 Å². The Balaban J connectivity index is 3.30. The molecule has 0 fully saturated rings. The molecule has 0 amide bonds. The molecule has 0 radical (unpaired) electrons. The highest BCUT2D eigenvalue weighted by atomic mass is 16.4. The Labute approximate surface area is 91.1 Å². The smallest absolute Gasteiger partial charge is 0.337 e. The zero-order valence-corrected chi connectivity index (χ0v) is 8.49. The van der Waals surface area contributed by atoms with Crippen LogP contribution in [0.3, 0.4) is 0 Å². The molecular formula is C10H12O6. The third kappa shape index (κ3) is 1.62. The minimum atomic E-state index is -2.49. The van der Waals surface area contributed by atoms with Crippen molar-refractivity contribution in [2.24, 2.45) is 5.41 Å². The van der Waals surface area contributed by atoms with Gasteiger partial charge in [0.15, 0.2) is 5.60 Å². The molecule has 88 valence electrons. The quantitative estimate of drug-likeness (QED) is 0.478. The third-order valence-electron chi connectivity index (χ3n) is 2.69. The molecule has 0 aromatic rings. The molecule has 0 saturated carbocycles. The van der Waals surface area contributed by atoms with E-state index in [1.807, 2.05) is 0 Å². The highest BCUT2D eigenvalue weighted by molar-refractivity contribution is 5.92. The molecule has 6 nitrogen and oxygen atoms in total. The molecule has 1 unspecified atom stereocenters. The van der Waals surface area contributed by atoms with Crippen LogP contribution in [0.25, 0.3) is 0 Å². The summed E-state index contributed by atoms with van der Waals surface area (Å²) in [5.41, 5.74) is -4.57. The molecule has 0 aliphatic heterocycles. The SMILES string of the molecule is CC(O)(C(=O)O)C1(C(=O)O)C=CC(O)C=C1. The molecule has 1 atom stereocenters. The van der Waals surface area contributed by atoms with Crippen molar-refractivity contribution in [3.05, 3.63) is 24.3 Å². The number of hydrogen-bond donors (Lipinski definition) is 4. The monoisotopic (exact) mass is 228 g/mol. The van der Waals surface area contributed by atoms with Gasteiger partial charge in [-0.1, -0.05) is 24.3 Å². The average Bonchev–Trinajstić information content (AvgIpc) is 2.18. The number of rotatable bonds is 3. The lowest BCUT2D eigenvalue weighted by Gasteiger charge is -2.35. The van der Waals surface area contributed by atoms with Crippen LogP contribution in [0.4, 0.5) is 0 Å². The van der Waals surface area contributed by atoms with E-state index in [-0.39, 0.29) is 0 Å². The predicted octanol–water partition coefficient (Wildman–Crippen LogP) is -0.620. The summed E-state index contributed by atoms with van der Waals surface area (Å²) in [6.45, 7) is 0.899. The van der Waals surface area contributed by atoms with E-state index in [1.165, 1.54) is 0 Å². The van der Waals surface area contributed by atoms with Crippen LogP contribution < -0.4 is 0 Å². The molecule has 1 aliphatic rings. The molecule has 6 heteroatoms. The minimum absolute atomic E-state index is 0.899. The van der Waals surface area contributed by atoms with Gasteiger partial charge in [-0.2, -0.15) is 0 Å². The van der Waals surface area contributed by atoms with Gasteiger partial charge in [-0.15, -0.1) is 0 Å². The number of carboxylic acids is 2. The Morgan fingerprint density at radius 1 is 1.25 bits per heavy atom. The molecule has 0 bridgehead atoms. The molecule has 16 heavy (non-hydrogen) atoms. The highest BCUT2D eigenvalue weighted by Crippen LogP contribution is 2.38. The molecule has 4 N–H and O–H groups in total. The van der Waals surface area contributed by atoms with Gasteiger partial charge in [-0.25, -0.2) is 4.79 Å². The van der Waals surface area contributed by atoms with E-state index in [9.17, 15) is 14.7 Å². The third-order valence-corrected chi connectivity index (χ3v) is 2.69. The van der Waals surface area contributed by atoms with Gasteiger partial charge in [0.05, 0.1) is 6.10 Å². The van der Waals surface area contributed by atoms with E-state index in [0.717, 1.165) is 31.2 Å². The number of aliphatic hydroxyl groups is 2. The normalized spacial score (nSPS) is 32.1. The second-order valence-corrected chi connectivity index (χ2v) is 3.76. The number of aliphatic carboxylic acids is 2. The zero-order valence-electron chi connectivity index (χ0n) is 8.49. The summed E-state index contributed by atoms with van der Waals surface area (Å²) in [5, 5.41) is 36.8. The predicted molar refractivity (Wildman–Crippen MR) is 52.6 cm³/mol. The molecule has 0 saturated heterocycles. The van der Waals surface area contributed by atoms with Crippen LogP contribution in [0.15, 0.2) is 24.3 Å². The molecular weight excluding hydrogens is 216 g/mol. The number of hydrogen-bond acceptors (Lipinski definition) is 4. The minimum Gasteiger partial charge on any atom is -0.480 e. The van der Waals surface area contributed by atoms with Crippen molar-refractivity contribution in [3.63, 3.8) is 0 Å². The zero-order chi connectivity index (χ0) is 12.6. The first-order chi connectivity index (χ1) is 7.24. The van der Waals surface area contributed by atoms with Gasteiger partial charge in [0.1, 0.15) is 5.41 Å². The van der Waals surface area contributed by atoms with Gasteiger partial charge < -0.3 is 20.4 Å².